The van der Waals surface area contributed by atoms with E-state index >= 15 is 0 Å². The second kappa shape index (κ2) is 5.86. The first kappa shape index (κ1) is 14.2. The number of halogens is 3. The molecule has 0 spiro atoms. The molecule has 0 amide bonds. The van der Waals surface area contributed by atoms with Gasteiger partial charge in [-0.25, -0.2) is 0 Å². The lowest BCUT2D eigenvalue weighted by Crippen LogP contribution is -2.07. The number of hydrogen-bond acceptors (Lipinski definition) is 2. The van der Waals surface area contributed by atoms with E-state index in [1.54, 1.807) is 19.2 Å². The van der Waals surface area contributed by atoms with Gasteiger partial charge in [-0.2, -0.15) is 13.2 Å². The zero-order valence-electron chi connectivity index (χ0n) is 10.9. The Morgan fingerprint density at radius 2 is 1.80 bits per heavy atom. The maximum atomic E-state index is 12.6. The van der Waals surface area contributed by atoms with E-state index in [9.17, 15) is 13.2 Å². The van der Waals surface area contributed by atoms with E-state index in [0.717, 1.165) is 17.8 Å². The molecule has 106 valence electrons. The predicted octanol–water partition coefficient (Wildman–Crippen LogP) is 4.33. The molecule has 0 aliphatic rings. The van der Waals surface area contributed by atoms with Crippen molar-refractivity contribution in [3.8, 4) is 5.75 Å². The largest absolute Gasteiger partial charge is 0.495 e. The summed E-state index contributed by atoms with van der Waals surface area (Å²) in [6.07, 6.45) is -4.32. The van der Waals surface area contributed by atoms with Crippen LogP contribution in [0, 0.1) is 0 Å². The van der Waals surface area contributed by atoms with Gasteiger partial charge in [-0.1, -0.05) is 24.3 Å². The van der Waals surface area contributed by atoms with Gasteiger partial charge in [-0.05, 0) is 29.8 Å². The number of methoxy groups -OCH3 is 1. The molecule has 0 saturated heterocycles. The SMILES string of the molecule is COc1ccccc1NCc1cccc(C(F)(F)F)c1. The number of rotatable bonds is 4. The topological polar surface area (TPSA) is 21.3 Å². The second-order valence-corrected chi connectivity index (χ2v) is 4.25. The summed E-state index contributed by atoms with van der Waals surface area (Å²) in [6, 6.07) is 12.5. The van der Waals surface area contributed by atoms with Crippen LogP contribution in [0.4, 0.5) is 18.9 Å². The van der Waals surface area contributed by atoms with E-state index in [4.69, 9.17) is 4.74 Å². The molecule has 0 radical (unpaired) electrons. The highest BCUT2D eigenvalue weighted by Gasteiger charge is 2.30. The van der Waals surface area contributed by atoms with Crippen LogP contribution in [0.15, 0.2) is 48.5 Å². The van der Waals surface area contributed by atoms with Crippen LogP contribution >= 0.6 is 0 Å². The van der Waals surface area contributed by atoms with Crippen molar-refractivity contribution < 1.29 is 17.9 Å². The van der Waals surface area contributed by atoms with Crippen LogP contribution < -0.4 is 10.1 Å². The maximum absolute atomic E-state index is 12.6. The van der Waals surface area contributed by atoms with Crippen molar-refractivity contribution in [2.24, 2.45) is 0 Å². The molecular formula is C15H14F3NO. The Labute approximate surface area is 115 Å². The minimum atomic E-state index is -4.32. The number of alkyl halides is 3. The van der Waals surface area contributed by atoms with Gasteiger partial charge in [0.05, 0.1) is 18.4 Å². The van der Waals surface area contributed by atoms with Crippen LogP contribution in [-0.2, 0) is 12.7 Å². The Bertz CT molecular complexity index is 581. The maximum Gasteiger partial charge on any atom is 0.416 e. The fourth-order valence-electron chi connectivity index (χ4n) is 1.85. The summed E-state index contributed by atoms with van der Waals surface area (Å²) in [5, 5.41) is 3.07. The van der Waals surface area contributed by atoms with Crippen molar-refractivity contribution in [2.45, 2.75) is 12.7 Å². The predicted molar refractivity (Wildman–Crippen MR) is 71.8 cm³/mol. The van der Waals surface area contributed by atoms with Crippen LogP contribution in [0.2, 0.25) is 0 Å². The highest BCUT2D eigenvalue weighted by Crippen LogP contribution is 2.30. The van der Waals surface area contributed by atoms with Crippen molar-refractivity contribution in [3.05, 3.63) is 59.7 Å². The third-order valence-corrected chi connectivity index (χ3v) is 2.84. The number of anilines is 1. The van der Waals surface area contributed by atoms with Gasteiger partial charge < -0.3 is 10.1 Å². The lowest BCUT2D eigenvalue weighted by Gasteiger charge is -2.12. The monoisotopic (exact) mass is 281 g/mol. The van der Waals surface area contributed by atoms with Gasteiger partial charge >= 0.3 is 6.18 Å². The van der Waals surface area contributed by atoms with Crippen LogP contribution in [0.5, 0.6) is 5.75 Å². The Hall–Kier alpha value is -2.17. The first-order chi connectivity index (χ1) is 9.50. The summed E-state index contributed by atoms with van der Waals surface area (Å²) in [6.45, 7) is 0.296. The van der Waals surface area contributed by atoms with Crippen molar-refractivity contribution in [2.75, 3.05) is 12.4 Å². The summed E-state index contributed by atoms with van der Waals surface area (Å²) in [5.74, 6) is 0.652. The lowest BCUT2D eigenvalue weighted by molar-refractivity contribution is -0.137. The molecule has 20 heavy (non-hydrogen) atoms. The third-order valence-electron chi connectivity index (χ3n) is 2.84. The Morgan fingerprint density at radius 1 is 1.05 bits per heavy atom. The number of nitrogens with one attached hydrogen (secondary N) is 1. The van der Waals surface area contributed by atoms with Gasteiger partial charge in [0.2, 0.25) is 0 Å². The van der Waals surface area contributed by atoms with Crippen molar-refractivity contribution in [1.82, 2.24) is 0 Å². The molecule has 1 N–H and O–H groups in total. The Kier molecular flexibility index (Phi) is 4.17. The standard InChI is InChI=1S/C15H14F3NO/c1-20-14-8-3-2-7-13(14)19-10-11-5-4-6-12(9-11)15(16,17)18/h2-9,19H,10H2,1H3. The fourth-order valence-corrected chi connectivity index (χ4v) is 1.85. The highest BCUT2D eigenvalue weighted by molar-refractivity contribution is 5.56. The molecule has 0 bridgehead atoms. The zero-order valence-corrected chi connectivity index (χ0v) is 10.9. The molecule has 0 aliphatic carbocycles. The molecule has 5 heteroatoms. The minimum absolute atomic E-state index is 0.296. The van der Waals surface area contributed by atoms with E-state index in [1.165, 1.54) is 6.07 Å². The van der Waals surface area contributed by atoms with E-state index in [1.807, 2.05) is 18.2 Å². The van der Waals surface area contributed by atoms with Crippen LogP contribution in [0.25, 0.3) is 0 Å². The van der Waals surface area contributed by atoms with Gasteiger partial charge in [0.15, 0.2) is 0 Å². The molecule has 0 aromatic heterocycles. The fraction of sp³-hybridized carbons (Fsp3) is 0.200. The van der Waals surface area contributed by atoms with Crippen molar-refractivity contribution in [3.63, 3.8) is 0 Å². The van der Waals surface area contributed by atoms with Gasteiger partial charge in [-0.15, -0.1) is 0 Å². The second-order valence-electron chi connectivity index (χ2n) is 4.25. The summed E-state index contributed by atoms with van der Waals surface area (Å²) in [4.78, 5) is 0. The van der Waals surface area contributed by atoms with E-state index in [2.05, 4.69) is 5.32 Å². The first-order valence-corrected chi connectivity index (χ1v) is 6.04. The summed E-state index contributed by atoms with van der Waals surface area (Å²) in [5.41, 5.74) is 0.662. The molecule has 2 rings (SSSR count). The van der Waals surface area contributed by atoms with Crippen LogP contribution in [0.1, 0.15) is 11.1 Å². The minimum Gasteiger partial charge on any atom is -0.495 e. The van der Waals surface area contributed by atoms with Gasteiger partial charge in [0.1, 0.15) is 5.75 Å². The molecule has 0 unspecified atom stereocenters. The smallest absolute Gasteiger partial charge is 0.416 e. The van der Waals surface area contributed by atoms with Crippen molar-refractivity contribution in [1.29, 1.82) is 0 Å². The molecule has 0 saturated carbocycles. The van der Waals surface area contributed by atoms with Gasteiger partial charge in [-0.3, -0.25) is 0 Å². The average molecular weight is 281 g/mol. The van der Waals surface area contributed by atoms with Gasteiger partial charge in [0.25, 0.3) is 0 Å². The van der Waals surface area contributed by atoms with E-state index in [0.29, 0.717) is 17.9 Å². The van der Waals surface area contributed by atoms with Crippen LogP contribution in [0.3, 0.4) is 0 Å². The summed E-state index contributed by atoms with van der Waals surface area (Å²) in [7, 11) is 1.55. The Balaban J connectivity index is 2.11. The third kappa shape index (κ3) is 3.44. The quantitative estimate of drug-likeness (QED) is 0.900. The molecule has 2 nitrogen and oxygen atoms in total. The molecule has 0 heterocycles. The molecule has 2 aromatic rings. The molecule has 0 atom stereocenters. The van der Waals surface area contributed by atoms with Crippen molar-refractivity contribution >= 4 is 5.69 Å². The number of hydrogen-bond donors (Lipinski definition) is 1. The molecule has 0 aliphatic heterocycles. The van der Waals surface area contributed by atoms with Gasteiger partial charge in [0, 0.05) is 6.54 Å². The Morgan fingerprint density at radius 3 is 2.50 bits per heavy atom. The van der Waals surface area contributed by atoms with E-state index in [-0.39, 0.29) is 0 Å². The normalized spacial score (nSPS) is 11.2. The van der Waals surface area contributed by atoms with Crippen LogP contribution in [-0.4, -0.2) is 7.11 Å². The summed E-state index contributed by atoms with van der Waals surface area (Å²) < 4.78 is 43.0. The average Bonchev–Trinajstić information content (AvgIpc) is 2.45. The molecule has 2 aromatic carbocycles. The highest BCUT2D eigenvalue weighted by atomic mass is 19.4. The lowest BCUT2D eigenvalue weighted by atomic mass is 10.1. The zero-order chi connectivity index (χ0) is 14.6. The molecule has 0 fully saturated rings. The number of ether oxygens (including phenoxy) is 1. The van der Waals surface area contributed by atoms with E-state index < -0.39 is 11.7 Å². The first-order valence-electron chi connectivity index (χ1n) is 6.04. The molecular weight excluding hydrogens is 267 g/mol. The number of para-hydroxylation sites is 2. The number of benzene rings is 2. The summed E-state index contributed by atoms with van der Waals surface area (Å²) >= 11 is 0.